The molecule has 9 aromatic rings. The highest BCUT2D eigenvalue weighted by atomic mass is 15.0. The molecule has 0 N–H and O–H groups in total. The molecule has 0 aliphatic carbocycles. The Bertz CT molecular complexity index is 2640. The Morgan fingerprint density at radius 3 is 1.71 bits per heavy atom. The lowest BCUT2D eigenvalue weighted by Gasteiger charge is -2.14. The van der Waals surface area contributed by atoms with Crippen LogP contribution in [0.3, 0.4) is 0 Å². The third-order valence-corrected chi connectivity index (χ3v) is 9.03. The number of aromatic nitrogens is 4. The highest BCUT2D eigenvalue weighted by Gasteiger charge is 2.17. The van der Waals surface area contributed by atoms with E-state index in [1.165, 1.54) is 37.9 Å². The zero-order chi connectivity index (χ0) is 32.0. The Kier molecular flexibility index (Phi) is 6.45. The van der Waals surface area contributed by atoms with E-state index in [1.54, 1.807) is 18.3 Å². The smallest absolute Gasteiger partial charge is 0.164 e. The number of hydrogen-bond acceptors (Lipinski definition) is 5. The summed E-state index contributed by atoms with van der Waals surface area (Å²) in [7, 11) is 0. The summed E-state index contributed by atoms with van der Waals surface area (Å²) in [4.78, 5) is 19.3. The molecule has 0 unspecified atom stereocenters. The normalized spacial score (nSPS) is 11.3. The molecule has 0 atom stereocenters. The van der Waals surface area contributed by atoms with Crippen LogP contribution < -0.4 is 0 Å². The van der Waals surface area contributed by atoms with E-state index in [9.17, 15) is 5.26 Å². The van der Waals surface area contributed by atoms with Gasteiger partial charge in [0.15, 0.2) is 17.5 Å². The van der Waals surface area contributed by atoms with E-state index >= 15 is 0 Å². The molecule has 0 saturated carbocycles. The van der Waals surface area contributed by atoms with Crippen LogP contribution in [0.15, 0.2) is 152 Å². The van der Waals surface area contributed by atoms with Gasteiger partial charge in [0.25, 0.3) is 0 Å². The van der Waals surface area contributed by atoms with Gasteiger partial charge in [0.2, 0.25) is 0 Å². The quantitative estimate of drug-likeness (QED) is 0.181. The lowest BCUT2D eigenvalue weighted by molar-refractivity contribution is 1.07. The van der Waals surface area contributed by atoms with E-state index < -0.39 is 0 Å². The lowest BCUT2D eigenvalue weighted by Crippen LogP contribution is -2.01. The fourth-order valence-electron chi connectivity index (χ4n) is 6.69. The van der Waals surface area contributed by atoms with Crippen LogP contribution in [0.1, 0.15) is 5.56 Å². The van der Waals surface area contributed by atoms with Crippen molar-refractivity contribution in [2.75, 3.05) is 0 Å². The van der Waals surface area contributed by atoms with Crippen LogP contribution in [0.4, 0.5) is 0 Å². The summed E-state index contributed by atoms with van der Waals surface area (Å²) in [6.45, 7) is 0. The van der Waals surface area contributed by atoms with Gasteiger partial charge in [-0.25, -0.2) is 15.0 Å². The molecule has 0 aliphatic heterocycles. The second-order valence-corrected chi connectivity index (χ2v) is 11.8. The third kappa shape index (κ3) is 4.63. The van der Waals surface area contributed by atoms with Gasteiger partial charge >= 0.3 is 0 Å². The molecule has 2 heterocycles. The van der Waals surface area contributed by atoms with E-state index in [0.717, 1.165) is 33.4 Å². The van der Waals surface area contributed by atoms with Crippen molar-refractivity contribution in [1.29, 1.82) is 5.26 Å². The maximum atomic E-state index is 9.36. The minimum atomic E-state index is 0.538. The highest BCUT2D eigenvalue weighted by Crippen LogP contribution is 2.40. The second kappa shape index (κ2) is 11.2. The van der Waals surface area contributed by atoms with Crippen LogP contribution >= 0.6 is 0 Å². The van der Waals surface area contributed by atoms with Crippen LogP contribution in [0.25, 0.3) is 88.7 Å². The fourth-order valence-corrected chi connectivity index (χ4v) is 6.69. The van der Waals surface area contributed by atoms with Gasteiger partial charge in [-0.15, -0.1) is 0 Å². The standard InChI is InChI=1S/C43H25N5/c44-25-27-10-12-32(13-11-27)41-46-42(48-43(47-41)38-9-2-1-8-35(38)34-7-4-24-45-26-34)33-18-14-28(15-19-33)36-22-20-31-17-16-29-5-3-6-30-21-23-37(36)40(31)39(29)30/h1-24,26H. The largest absolute Gasteiger partial charge is 0.264 e. The molecule has 2 aromatic heterocycles. The van der Waals surface area contributed by atoms with E-state index in [0.29, 0.717) is 23.0 Å². The first-order valence-electron chi connectivity index (χ1n) is 15.8. The molecule has 48 heavy (non-hydrogen) atoms. The van der Waals surface area contributed by atoms with Crippen molar-refractivity contribution in [1.82, 2.24) is 19.9 Å². The number of nitrogens with zero attached hydrogens (tertiary/aromatic N) is 5. The van der Waals surface area contributed by atoms with E-state index in [2.05, 4.69) is 96.0 Å². The highest BCUT2D eigenvalue weighted by molar-refractivity contribution is 6.25. The average molecular weight is 612 g/mol. The van der Waals surface area contributed by atoms with Gasteiger partial charge < -0.3 is 0 Å². The Labute approximate surface area is 276 Å². The summed E-state index contributed by atoms with van der Waals surface area (Å²) in [5.41, 5.74) is 7.43. The Morgan fingerprint density at radius 2 is 1.02 bits per heavy atom. The minimum Gasteiger partial charge on any atom is -0.264 e. The molecular formula is C43H25N5. The predicted octanol–water partition coefficient (Wildman–Crippen LogP) is 10.4. The zero-order valence-electron chi connectivity index (χ0n) is 25.7. The van der Waals surface area contributed by atoms with Crippen LogP contribution in [-0.4, -0.2) is 19.9 Å². The van der Waals surface area contributed by atoms with Crippen molar-refractivity contribution in [3.63, 3.8) is 0 Å². The molecule has 0 aliphatic rings. The molecule has 0 bridgehead atoms. The van der Waals surface area contributed by atoms with Gasteiger partial charge in [0.1, 0.15) is 0 Å². The predicted molar refractivity (Wildman–Crippen MR) is 193 cm³/mol. The van der Waals surface area contributed by atoms with Gasteiger partial charge in [0.05, 0.1) is 11.6 Å². The number of rotatable bonds is 5. The first-order chi connectivity index (χ1) is 23.7. The Balaban J connectivity index is 1.18. The van der Waals surface area contributed by atoms with Gasteiger partial charge in [-0.05, 0) is 79.3 Å². The van der Waals surface area contributed by atoms with Crippen molar-refractivity contribution in [2.24, 2.45) is 0 Å². The molecule has 0 saturated heterocycles. The summed E-state index contributed by atoms with van der Waals surface area (Å²) >= 11 is 0. The molecule has 222 valence electrons. The number of pyridine rings is 1. The maximum Gasteiger partial charge on any atom is 0.164 e. The average Bonchev–Trinajstić information content (AvgIpc) is 3.17. The third-order valence-electron chi connectivity index (χ3n) is 9.03. The van der Waals surface area contributed by atoms with Gasteiger partial charge in [-0.1, -0.05) is 109 Å². The lowest BCUT2D eigenvalue weighted by atomic mass is 9.90. The van der Waals surface area contributed by atoms with E-state index in [1.807, 2.05) is 48.7 Å². The second-order valence-electron chi connectivity index (χ2n) is 11.8. The number of benzene rings is 7. The maximum absolute atomic E-state index is 9.36. The molecule has 0 fully saturated rings. The topological polar surface area (TPSA) is 75.3 Å². The van der Waals surface area contributed by atoms with E-state index in [4.69, 9.17) is 15.0 Å². The number of hydrogen-bond donors (Lipinski definition) is 0. The van der Waals surface area contributed by atoms with Crippen LogP contribution in [0.5, 0.6) is 0 Å². The summed E-state index contributed by atoms with van der Waals surface area (Å²) in [5, 5.41) is 17.0. The molecule has 0 amide bonds. The van der Waals surface area contributed by atoms with Gasteiger partial charge in [0, 0.05) is 34.6 Å². The minimum absolute atomic E-state index is 0.538. The fraction of sp³-hybridized carbons (Fsp3) is 0. The molecule has 9 rings (SSSR count). The summed E-state index contributed by atoms with van der Waals surface area (Å²) in [5.74, 6) is 1.67. The summed E-state index contributed by atoms with van der Waals surface area (Å²) in [6.07, 6.45) is 3.61. The molecule has 0 radical (unpaired) electrons. The SMILES string of the molecule is N#Cc1ccc(-c2nc(-c3ccc(-c4ccc5ccc6cccc7ccc4c5c67)cc3)nc(-c3ccccc3-c3cccnc3)n2)cc1. The number of nitriles is 1. The molecule has 5 nitrogen and oxygen atoms in total. The van der Waals surface area contributed by atoms with Crippen molar-refractivity contribution < 1.29 is 0 Å². The molecule has 5 heteroatoms. The molecule has 7 aromatic carbocycles. The van der Waals surface area contributed by atoms with Crippen molar-refractivity contribution in [3.8, 4) is 62.5 Å². The summed E-state index contributed by atoms with van der Waals surface area (Å²) < 4.78 is 0. The van der Waals surface area contributed by atoms with Crippen molar-refractivity contribution in [3.05, 3.63) is 157 Å². The van der Waals surface area contributed by atoms with Crippen LogP contribution in [0.2, 0.25) is 0 Å². The van der Waals surface area contributed by atoms with Gasteiger partial charge in [-0.2, -0.15) is 5.26 Å². The monoisotopic (exact) mass is 611 g/mol. The van der Waals surface area contributed by atoms with Crippen LogP contribution in [-0.2, 0) is 0 Å². The van der Waals surface area contributed by atoms with E-state index in [-0.39, 0.29) is 0 Å². The first kappa shape index (κ1) is 27.5. The van der Waals surface area contributed by atoms with Crippen molar-refractivity contribution >= 4 is 32.3 Å². The van der Waals surface area contributed by atoms with Gasteiger partial charge in [-0.3, -0.25) is 4.98 Å². The zero-order valence-corrected chi connectivity index (χ0v) is 25.7. The molecular weight excluding hydrogens is 587 g/mol. The summed E-state index contributed by atoms with van der Waals surface area (Å²) in [6, 6.07) is 49.9. The Morgan fingerprint density at radius 1 is 0.417 bits per heavy atom. The molecule has 0 spiro atoms. The van der Waals surface area contributed by atoms with Crippen molar-refractivity contribution in [2.45, 2.75) is 0 Å². The first-order valence-corrected chi connectivity index (χ1v) is 15.8. The van der Waals surface area contributed by atoms with Crippen LogP contribution in [0, 0.1) is 11.3 Å². The Hall–Kier alpha value is -6.77.